The summed E-state index contributed by atoms with van der Waals surface area (Å²) in [4.78, 5) is 12.5. The molecule has 4 rings (SSSR count). The lowest BCUT2D eigenvalue weighted by Gasteiger charge is -2.13. The Morgan fingerprint density at radius 1 is 0.909 bits per heavy atom. The first-order chi connectivity index (χ1) is 16.0. The van der Waals surface area contributed by atoms with Crippen LogP contribution in [-0.2, 0) is 11.4 Å². The maximum absolute atomic E-state index is 12.5. The van der Waals surface area contributed by atoms with Gasteiger partial charge in [-0.25, -0.2) is 0 Å². The van der Waals surface area contributed by atoms with Gasteiger partial charge in [0.2, 0.25) is 5.91 Å². The molecule has 0 aliphatic rings. The zero-order valence-electron chi connectivity index (χ0n) is 17.8. The molecule has 0 aliphatic carbocycles. The van der Waals surface area contributed by atoms with Crippen LogP contribution in [0.15, 0.2) is 84.9 Å². The molecule has 0 radical (unpaired) electrons. The quantitative estimate of drug-likeness (QED) is 0.282. The second-order valence-corrected chi connectivity index (χ2v) is 8.06. The number of rotatable bonds is 7. The molecule has 0 fully saturated rings. The van der Waals surface area contributed by atoms with Crippen LogP contribution in [0.1, 0.15) is 11.1 Å². The Morgan fingerprint density at radius 3 is 2.42 bits per heavy atom. The van der Waals surface area contributed by atoms with Gasteiger partial charge >= 0.3 is 0 Å². The summed E-state index contributed by atoms with van der Waals surface area (Å²) in [6, 6.07) is 24.5. The average molecular weight is 478 g/mol. The van der Waals surface area contributed by atoms with Crippen LogP contribution >= 0.6 is 23.2 Å². The molecule has 0 saturated heterocycles. The Hall–Kier alpha value is -3.47. The number of hydrogen-bond acceptors (Lipinski definition) is 3. The van der Waals surface area contributed by atoms with Crippen LogP contribution in [0.4, 0.5) is 5.69 Å². The molecule has 0 saturated carbocycles. The Bertz CT molecular complexity index is 1310. The van der Waals surface area contributed by atoms with E-state index in [0.29, 0.717) is 27.1 Å². The summed E-state index contributed by atoms with van der Waals surface area (Å²) in [7, 11) is 1.56. The van der Waals surface area contributed by atoms with E-state index in [4.69, 9.17) is 32.7 Å². The number of hydrogen-bond donors (Lipinski definition) is 1. The zero-order chi connectivity index (χ0) is 23.2. The highest BCUT2D eigenvalue weighted by molar-refractivity contribution is 6.35. The molecular formula is C27H21Cl2NO3. The molecule has 1 amide bonds. The molecule has 0 aliphatic heterocycles. The molecule has 0 heterocycles. The van der Waals surface area contributed by atoms with E-state index >= 15 is 0 Å². The first-order valence-electron chi connectivity index (χ1n) is 10.3. The Kier molecular flexibility index (Phi) is 7.18. The molecule has 4 aromatic carbocycles. The number of nitrogens with one attached hydrogen (secondary N) is 1. The third-order valence-electron chi connectivity index (χ3n) is 5.10. The minimum atomic E-state index is -0.223. The number of anilines is 1. The highest BCUT2D eigenvalue weighted by atomic mass is 35.5. The maximum atomic E-state index is 12.5. The molecule has 0 aromatic heterocycles. The molecule has 6 heteroatoms. The van der Waals surface area contributed by atoms with Crippen LogP contribution in [0, 0.1) is 0 Å². The third kappa shape index (κ3) is 5.48. The van der Waals surface area contributed by atoms with E-state index in [9.17, 15) is 4.79 Å². The van der Waals surface area contributed by atoms with Crippen molar-refractivity contribution < 1.29 is 14.3 Å². The predicted octanol–water partition coefficient (Wildman–Crippen LogP) is 7.39. The lowest BCUT2D eigenvalue weighted by atomic mass is 10.1. The van der Waals surface area contributed by atoms with E-state index in [2.05, 4.69) is 5.32 Å². The fourth-order valence-corrected chi connectivity index (χ4v) is 3.91. The van der Waals surface area contributed by atoms with Crippen molar-refractivity contribution in [1.29, 1.82) is 0 Å². The van der Waals surface area contributed by atoms with Gasteiger partial charge in [-0.2, -0.15) is 0 Å². The second kappa shape index (κ2) is 10.4. The first-order valence-corrected chi connectivity index (χ1v) is 11.0. The third-order valence-corrected chi connectivity index (χ3v) is 5.80. The second-order valence-electron chi connectivity index (χ2n) is 7.25. The van der Waals surface area contributed by atoms with Crippen LogP contribution < -0.4 is 14.8 Å². The lowest BCUT2D eigenvalue weighted by molar-refractivity contribution is -0.111. The van der Waals surface area contributed by atoms with Gasteiger partial charge in [-0.1, -0.05) is 71.7 Å². The monoisotopic (exact) mass is 477 g/mol. The summed E-state index contributed by atoms with van der Waals surface area (Å²) < 4.78 is 11.3. The van der Waals surface area contributed by atoms with E-state index in [1.165, 1.54) is 6.08 Å². The van der Waals surface area contributed by atoms with Gasteiger partial charge < -0.3 is 14.8 Å². The number of ether oxygens (including phenoxy) is 2. The van der Waals surface area contributed by atoms with Crippen LogP contribution in [0.3, 0.4) is 0 Å². The number of fused-ring (bicyclic) bond motifs is 1. The van der Waals surface area contributed by atoms with Crippen molar-refractivity contribution in [2.45, 2.75) is 6.61 Å². The summed E-state index contributed by atoms with van der Waals surface area (Å²) in [6.07, 6.45) is 3.21. The zero-order valence-corrected chi connectivity index (χ0v) is 19.4. The van der Waals surface area contributed by atoms with Gasteiger partial charge in [-0.15, -0.1) is 0 Å². The fraction of sp³-hybridized carbons (Fsp3) is 0.0741. The van der Waals surface area contributed by atoms with E-state index in [1.807, 2.05) is 48.5 Å². The van der Waals surface area contributed by atoms with E-state index in [1.54, 1.807) is 43.5 Å². The SMILES string of the molecule is COc1cc(C=CC(=O)Nc2cccc3ccccc23)ccc1OCc1c(Cl)cccc1Cl. The van der Waals surface area contributed by atoms with E-state index in [-0.39, 0.29) is 12.5 Å². The molecule has 4 aromatic rings. The van der Waals surface area contributed by atoms with Gasteiger partial charge in [0.15, 0.2) is 11.5 Å². The summed E-state index contributed by atoms with van der Waals surface area (Å²) in [5.41, 5.74) is 2.27. The molecule has 166 valence electrons. The van der Waals surface area contributed by atoms with Crippen LogP contribution in [0.25, 0.3) is 16.8 Å². The van der Waals surface area contributed by atoms with Gasteiger partial charge in [0.25, 0.3) is 0 Å². The summed E-state index contributed by atoms with van der Waals surface area (Å²) in [6.45, 7) is 0.206. The average Bonchev–Trinajstić information content (AvgIpc) is 2.83. The van der Waals surface area contributed by atoms with Gasteiger partial charge in [0, 0.05) is 32.8 Å². The number of amides is 1. The topological polar surface area (TPSA) is 47.6 Å². The molecule has 0 unspecified atom stereocenters. The predicted molar refractivity (Wildman–Crippen MR) is 135 cm³/mol. The smallest absolute Gasteiger partial charge is 0.248 e. The molecule has 4 nitrogen and oxygen atoms in total. The van der Waals surface area contributed by atoms with Crippen LogP contribution in [-0.4, -0.2) is 13.0 Å². The minimum absolute atomic E-state index is 0.206. The van der Waals surface area contributed by atoms with Gasteiger partial charge in [-0.05, 0) is 47.4 Å². The highest BCUT2D eigenvalue weighted by Crippen LogP contribution is 2.32. The number of carbonyl (C=O) groups is 1. The van der Waals surface area contributed by atoms with Crippen LogP contribution in [0.5, 0.6) is 11.5 Å². The molecule has 0 atom stereocenters. The fourth-order valence-electron chi connectivity index (χ4n) is 3.41. The van der Waals surface area contributed by atoms with Gasteiger partial charge in [0.1, 0.15) is 6.61 Å². The van der Waals surface area contributed by atoms with Crippen molar-refractivity contribution in [1.82, 2.24) is 0 Å². The van der Waals surface area contributed by atoms with Crippen molar-refractivity contribution in [3.8, 4) is 11.5 Å². The first kappa shape index (κ1) is 22.7. The van der Waals surface area contributed by atoms with Crippen molar-refractivity contribution in [3.63, 3.8) is 0 Å². The number of benzene rings is 4. The highest BCUT2D eigenvalue weighted by Gasteiger charge is 2.10. The van der Waals surface area contributed by atoms with Crippen molar-refractivity contribution >= 4 is 51.6 Å². The summed E-state index contributed by atoms with van der Waals surface area (Å²) in [5, 5.41) is 6.07. The molecule has 1 N–H and O–H groups in total. The Labute approximate surface area is 202 Å². The van der Waals surface area contributed by atoms with E-state index < -0.39 is 0 Å². The number of carbonyl (C=O) groups excluding carboxylic acids is 1. The van der Waals surface area contributed by atoms with Gasteiger partial charge in [-0.3, -0.25) is 4.79 Å². The van der Waals surface area contributed by atoms with E-state index in [0.717, 1.165) is 22.0 Å². The Balaban J connectivity index is 1.45. The number of halogens is 2. The normalized spacial score (nSPS) is 11.0. The maximum Gasteiger partial charge on any atom is 0.248 e. The minimum Gasteiger partial charge on any atom is -0.493 e. The lowest BCUT2D eigenvalue weighted by Crippen LogP contribution is -2.08. The summed E-state index contributed by atoms with van der Waals surface area (Å²) >= 11 is 12.4. The summed E-state index contributed by atoms with van der Waals surface area (Å²) in [5.74, 6) is 0.861. The van der Waals surface area contributed by atoms with Crippen molar-refractivity contribution in [2.75, 3.05) is 12.4 Å². The Morgan fingerprint density at radius 2 is 1.64 bits per heavy atom. The van der Waals surface area contributed by atoms with Crippen LogP contribution in [0.2, 0.25) is 10.0 Å². The molecule has 0 spiro atoms. The van der Waals surface area contributed by atoms with Crippen molar-refractivity contribution in [3.05, 3.63) is 106 Å². The molecule has 33 heavy (non-hydrogen) atoms. The molecule has 0 bridgehead atoms. The number of methoxy groups -OCH3 is 1. The molecular weight excluding hydrogens is 457 g/mol. The van der Waals surface area contributed by atoms with Crippen molar-refractivity contribution in [2.24, 2.45) is 0 Å². The van der Waals surface area contributed by atoms with Gasteiger partial charge in [0.05, 0.1) is 7.11 Å². The largest absolute Gasteiger partial charge is 0.493 e. The standard InChI is InChI=1S/C27H21Cl2NO3/c1-32-26-16-18(12-14-25(26)33-17-21-22(28)9-5-10-23(21)29)13-15-27(31)30-24-11-4-7-19-6-2-3-8-20(19)24/h2-16H,17H2,1H3,(H,30,31).